The second-order valence-electron chi connectivity index (χ2n) is 4.97. The molecule has 0 atom stereocenters. The van der Waals surface area contributed by atoms with E-state index < -0.39 is 5.67 Å². The van der Waals surface area contributed by atoms with Crippen LogP contribution >= 0.6 is 11.5 Å². The van der Waals surface area contributed by atoms with Crippen molar-refractivity contribution in [2.75, 3.05) is 31.6 Å². The summed E-state index contributed by atoms with van der Waals surface area (Å²) in [6.07, 6.45) is 0.763. The number of halogens is 1. The molecule has 0 unspecified atom stereocenters. The van der Waals surface area contributed by atoms with E-state index in [0.717, 1.165) is 5.13 Å². The van der Waals surface area contributed by atoms with Gasteiger partial charge in [0.15, 0.2) is 5.82 Å². The lowest BCUT2D eigenvalue weighted by Gasteiger charge is -2.36. The lowest BCUT2D eigenvalue weighted by molar-refractivity contribution is -0.119. The van der Waals surface area contributed by atoms with Gasteiger partial charge in [-0.1, -0.05) is 0 Å². The third-order valence-electron chi connectivity index (χ3n) is 3.32. The number of nitrogens with one attached hydrogen (secondary N) is 1. The average Bonchev–Trinajstić information content (AvgIpc) is 2.87. The van der Waals surface area contributed by atoms with Crippen LogP contribution in [0, 0.1) is 0 Å². The van der Waals surface area contributed by atoms with Crippen LogP contribution in [-0.4, -0.2) is 47.7 Å². The zero-order valence-electron chi connectivity index (χ0n) is 11.7. The zero-order chi connectivity index (χ0) is 14.6. The Balaban J connectivity index is 1.88. The van der Waals surface area contributed by atoms with Crippen molar-refractivity contribution in [3.8, 4) is 0 Å². The summed E-state index contributed by atoms with van der Waals surface area (Å²) in [4.78, 5) is 17.3. The predicted molar refractivity (Wildman–Crippen MR) is 74.6 cm³/mol. The Bertz CT molecular complexity index is 460. The van der Waals surface area contributed by atoms with E-state index in [9.17, 15) is 9.18 Å². The Labute approximate surface area is 121 Å². The van der Waals surface area contributed by atoms with Gasteiger partial charge in [0.1, 0.15) is 12.3 Å². The predicted octanol–water partition coefficient (Wildman–Crippen LogP) is 1.13. The Morgan fingerprint density at radius 3 is 2.85 bits per heavy atom. The third-order valence-corrected chi connectivity index (χ3v) is 4.13. The Kier molecular flexibility index (Phi) is 4.87. The van der Waals surface area contributed by atoms with Crippen molar-refractivity contribution in [2.45, 2.75) is 32.0 Å². The van der Waals surface area contributed by atoms with Crippen molar-refractivity contribution in [1.29, 1.82) is 0 Å². The molecule has 0 radical (unpaired) electrons. The van der Waals surface area contributed by atoms with Crippen molar-refractivity contribution < 1.29 is 13.9 Å². The van der Waals surface area contributed by atoms with Crippen molar-refractivity contribution in [2.24, 2.45) is 0 Å². The first-order chi connectivity index (χ1) is 9.52. The maximum Gasteiger partial charge on any atom is 0.216 e. The van der Waals surface area contributed by atoms with Crippen molar-refractivity contribution >= 4 is 22.6 Å². The Hall–Kier alpha value is -1.28. The van der Waals surface area contributed by atoms with E-state index >= 15 is 0 Å². The summed E-state index contributed by atoms with van der Waals surface area (Å²) in [5, 5.41) is 3.36. The van der Waals surface area contributed by atoms with Crippen LogP contribution in [0.5, 0.6) is 0 Å². The molecule has 1 aromatic heterocycles. The minimum absolute atomic E-state index is 0.0845. The summed E-state index contributed by atoms with van der Waals surface area (Å²) >= 11 is 1.31. The fraction of sp³-hybridized carbons (Fsp3) is 0.750. The number of carbonyl (C=O) groups is 1. The normalized spacial score (nSPS) is 18.1. The van der Waals surface area contributed by atoms with Crippen LogP contribution < -0.4 is 10.2 Å². The van der Waals surface area contributed by atoms with E-state index in [1.165, 1.54) is 18.5 Å². The molecule has 1 N–H and O–H groups in total. The number of amides is 1. The van der Waals surface area contributed by atoms with Crippen LogP contribution in [0.3, 0.4) is 0 Å². The number of carbonyl (C=O) groups excluding carboxylic acids is 1. The number of anilines is 1. The fourth-order valence-corrected chi connectivity index (χ4v) is 2.84. The highest BCUT2D eigenvalue weighted by Crippen LogP contribution is 2.29. The summed E-state index contributed by atoms with van der Waals surface area (Å²) in [5.74, 6) is 0.459. The number of rotatable bonds is 5. The first kappa shape index (κ1) is 15.1. The molecule has 0 bridgehead atoms. The maximum atomic E-state index is 14.5. The number of alkyl halides is 1. The molecule has 0 saturated carbocycles. The van der Waals surface area contributed by atoms with Crippen LogP contribution in [0.2, 0.25) is 0 Å². The molecule has 0 spiro atoms. The molecule has 1 fully saturated rings. The minimum Gasteiger partial charge on any atom is -0.377 e. The Morgan fingerprint density at radius 2 is 2.25 bits per heavy atom. The van der Waals surface area contributed by atoms with Gasteiger partial charge in [0.2, 0.25) is 11.0 Å². The highest BCUT2D eigenvalue weighted by molar-refractivity contribution is 7.09. The van der Waals surface area contributed by atoms with Crippen LogP contribution in [0.25, 0.3) is 0 Å². The van der Waals surface area contributed by atoms with Crippen LogP contribution in [0.15, 0.2) is 0 Å². The van der Waals surface area contributed by atoms with E-state index in [1.54, 1.807) is 7.11 Å². The summed E-state index contributed by atoms with van der Waals surface area (Å²) in [6, 6.07) is 0. The van der Waals surface area contributed by atoms with E-state index in [-0.39, 0.29) is 12.5 Å². The molecule has 1 aromatic rings. The van der Waals surface area contributed by atoms with Gasteiger partial charge in [0.25, 0.3) is 0 Å². The Morgan fingerprint density at radius 1 is 1.55 bits per heavy atom. The molecule has 1 saturated heterocycles. The molecule has 1 amide bonds. The molecule has 2 heterocycles. The second-order valence-corrected chi connectivity index (χ2v) is 5.70. The third kappa shape index (κ3) is 3.86. The van der Waals surface area contributed by atoms with Crippen molar-refractivity contribution in [1.82, 2.24) is 14.7 Å². The van der Waals surface area contributed by atoms with E-state index in [4.69, 9.17) is 4.74 Å². The van der Waals surface area contributed by atoms with Gasteiger partial charge < -0.3 is 15.0 Å². The van der Waals surface area contributed by atoms with Gasteiger partial charge in [-0.3, -0.25) is 4.79 Å². The largest absolute Gasteiger partial charge is 0.377 e. The molecule has 20 heavy (non-hydrogen) atoms. The monoisotopic (exact) mass is 302 g/mol. The summed E-state index contributed by atoms with van der Waals surface area (Å²) in [6.45, 7) is 3.04. The van der Waals surface area contributed by atoms with Gasteiger partial charge in [-0.25, -0.2) is 9.37 Å². The minimum atomic E-state index is -1.32. The topological polar surface area (TPSA) is 67.3 Å². The molecule has 6 nitrogen and oxygen atoms in total. The number of hydrogen-bond acceptors (Lipinski definition) is 6. The standard InChI is InChI=1S/C12H19FN4O2S/c1-9(18)14-8-12(13)3-5-17(6-4-12)11-15-10(7-19-2)16-20-11/h3-8H2,1-2H3,(H,14,18). The van der Waals surface area contributed by atoms with Gasteiger partial charge >= 0.3 is 0 Å². The van der Waals surface area contributed by atoms with Crippen molar-refractivity contribution in [3.05, 3.63) is 5.82 Å². The SMILES string of the molecule is COCc1nsc(N2CCC(F)(CNC(C)=O)CC2)n1. The second kappa shape index (κ2) is 6.45. The molecular formula is C12H19FN4O2S. The van der Waals surface area contributed by atoms with Crippen molar-refractivity contribution in [3.63, 3.8) is 0 Å². The molecule has 1 aliphatic heterocycles. The smallest absolute Gasteiger partial charge is 0.216 e. The molecule has 2 rings (SSSR count). The van der Waals surface area contributed by atoms with Crippen LogP contribution in [-0.2, 0) is 16.1 Å². The van der Waals surface area contributed by atoms with Gasteiger partial charge in [-0.05, 0) is 0 Å². The van der Waals surface area contributed by atoms with Gasteiger partial charge in [-0.2, -0.15) is 4.37 Å². The lowest BCUT2D eigenvalue weighted by atomic mass is 9.93. The number of ether oxygens (including phenoxy) is 1. The van der Waals surface area contributed by atoms with Gasteiger partial charge in [-0.15, -0.1) is 0 Å². The molecule has 8 heteroatoms. The number of piperidine rings is 1. The zero-order valence-corrected chi connectivity index (χ0v) is 12.5. The number of aromatic nitrogens is 2. The number of nitrogens with zero attached hydrogens (tertiary/aromatic N) is 3. The summed E-state index contributed by atoms with van der Waals surface area (Å²) in [7, 11) is 1.60. The average molecular weight is 302 g/mol. The fourth-order valence-electron chi connectivity index (χ4n) is 2.12. The maximum absolute atomic E-state index is 14.5. The highest BCUT2D eigenvalue weighted by atomic mass is 32.1. The summed E-state index contributed by atoms with van der Waals surface area (Å²) < 4.78 is 23.6. The first-order valence-corrected chi connectivity index (χ1v) is 7.29. The molecular weight excluding hydrogens is 283 g/mol. The molecule has 0 aliphatic carbocycles. The highest BCUT2D eigenvalue weighted by Gasteiger charge is 2.35. The van der Waals surface area contributed by atoms with E-state index in [0.29, 0.717) is 38.4 Å². The number of methoxy groups -OCH3 is 1. The van der Waals surface area contributed by atoms with E-state index in [1.807, 2.05) is 4.90 Å². The van der Waals surface area contributed by atoms with Crippen LogP contribution in [0.4, 0.5) is 9.52 Å². The lowest BCUT2D eigenvalue weighted by Crippen LogP contribution is -2.48. The van der Waals surface area contributed by atoms with Gasteiger partial charge in [0.05, 0.1) is 6.54 Å². The van der Waals surface area contributed by atoms with Gasteiger partial charge in [0, 0.05) is 51.5 Å². The summed E-state index contributed by atoms with van der Waals surface area (Å²) in [5.41, 5.74) is -1.32. The first-order valence-electron chi connectivity index (χ1n) is 6.52. The van der Waals surface area contributed by atoms with Crippen LogP contribution in [0.1, 0.15) is 25.6 Å². The number of hydrogen-bond donors (Lipinski definition) is 1. The molecule has 112 valence electrons. The molecule has 1 aliphatic rings. The van der Waals surface area contributed by atoms with E-state index in [2.05, 4.69) is 14.7 Å². The quantitative estimate of drug-likeness (QED) is 0.883. The molecule has 0 aromatic carbocycles.